The van der Waals surface area contributed by atoms with Crippen LogP contribution >= 0.6 is 11.3 Å². The molecule has 1 aliphatic rings. The van der Waals surface area contributed by atoms with E-state index in [1.54, 1.807) is 13.8 Å². The van der Waals surface area contributed by atoms with Gasteiger partial charge in [-0.1, -0.05) is 0 Å². The molecular weight excluding hydrogens is 392 g/mol. The first-order valence-corrected chi connectivity index (χ1v) is 10.4. The molecule has 8 nitrogen and oxygen atoms in total. The molecule has 3 heterocycles. The van der Waals surface area contributed by atoms with Crippen molar-refractivity contribution in [2.24, 2.45) is 12.8 Å². The molecule has 1 aliphatic heterocycles. The van der Waals surface area contributed by atoms with E-state index >= 15 is 0 Å². The Morgan fingerprint density at radius 2 is 2.14 bits per heavy atom. The first-order valence-electron chi connectivity index (χ1n) is 9.58. The maximum Gasteiger partial charge on any atom is 0.341 e. The second kappa shape index (κ2) is 8.79. The summed E-state index contributed by atoms with van der Waals surface area (Å²) in [5, 5.41) is 3.10. The lowest BCUT2D eigenvalue weighted by Gasteiger charge is -2.24. The van der Waals surface area contributed by atoms with Crippen molar-refractivity contribution >= 4 is 34.1 Å². The van der Waals surface area contributed by atoms with Gasteiger partial charge in [0, 0.05) is 18.9 Å². The highest BCUT2D eigenvalue weighted by Gasteiger charge is 2.30. The van der Waals surface area contributed by atoms with Gasteiger partial charge in [0.2, 0.25) is 5.91 Å². The fourth-order valence-electron chi connectivity index (χ4n) is 3.81. The Balaban J connectivity index is 1.78. The Bertz CT molecular complexity index is 933. The molecular formula is C20H26N4O4S. The van der Waals surface area contributed by atoms with Crippen molar-refractivity contribution in [3.05, 3.63) is 40.0 Å². The first-order chi connectivity index (χ1) is 13.8. The maximum absolute atomic E-state index is 12.8. The molecule has 0 spiro atoms. The van der Waals surface area contributed by atoms with E-state index in [-0.39, 0.29) is 35.5 Å². The number of anilines is 1. The molecule has 0 aliphatic carbocycles. The highest BCUT2D eigenvalue weighted by Crippen LogP contribution is 2.34. The summed E-state index contributed by atoms with van der Waals surface area (Å²) in [5.41, 5.74) is 7.21. The first kappa shape index (κ1) is 21.1. The van der Waals surface area contributed by atoms with Gasteiger partial charge in [0.1, 0.15) is 5.00 Å². The maximum atomic E-state index is 12.8. The number of hydrogen-bond donors (Lipinski definition) is 2. The normalized spacial score (nSPS) is 16.7. The summed E-state index contributed by atoms with van der Waals surface area (Å²) < 4.78 is 7.16. The zero-order valence-corrected chi connectivity index (χ0v) is 17.7. The van der Waals surface area contributed by atoms with Crippen molar-refractivity contribution in [2.75, 3.05) is 25.0 Å². The predicted molar refractivity (Wildman–Crippen MR) is 111 cm³/mol. The third kappa shape index (κ3) is 4.35. The van der Waals surface area contributed by atoms with Gasteiger partial charge in [0.05, 0.1) is 29.6 Å². The number of aromatic nitrogens is 1. The molecule has 0 bridgehead atoms. The van der Waals surface area contributed by atoms with Crippen LogP contribution in [0.1, 0.15) is 57.1 Å². The SMILES string of the molecule is CCOC(=O)c1c(NC(=O)CN2CCC[C@@H]2c2cccn2C)sc(C(N)=O)c1C. The number of ether oxygens (including phenoxy) is 1. The summed E-state index contributed by atoms with van der Waals surface area (Å²) >= 11 is 1.01. The van der Waals surface area contributed by atoms with Crippen molar-refractivity contribution < 1.29 is 19.1 Å². The molecule has 3 rings (SSSR count). The number of primary amides is 1. The Morgan fingerprint density at radius 1 is 1.38 bits per heavy atom. The van der Waals surface area contributed by atoms with Crippen LogP contribution in [0.3, 0.4) is 0 Å². The quantitative estimate of drug-likeness (QED) is 0.672. The Kier molecular flexibility index (Phi) is 6.39. The molecule has 29 heavy (non-hydrogen) atoms. The summed E-state index contributed by atoms with van der Waals surface area (Å²) in [6.07, 6.45) is 4.00. The van der Waals surface area contributed by atoms with E-state index in [2.05, 4.69) is 20.9 Å². The number of carbonyl (C=O) groups excluding carboxylic acids is 3. The van der Waals surface area contributed by atoms with Crippen LogP contribution < -0.4 is 11.1 Å². The third-order valence-corrected chi connectivity index (χ3v) is 6.36. The van der Waals surface area contributed by atoms with E-state index in [0.717, 1.165) is 30.7 Å². The van der Waals surface area contributed by atoms with Crippen molar-refractivity contribution in [2.45, 2.75) is 32.7 Å². The minimum atomic E-state index is -0.637. The van der Waals surface area contributed by atoms with Gasteiger partial charge in [-0.3, -0.25) is 14.5 Å². The zero-order valence-electron chi connectivity index (χ0n) is 16.9. The molecule has 1 fully saturated rings. The summed E-state index contributed by atoms with van der Waals surface area (Å²) in [6.45, 7) is 4.54. The minimum Gasteiger partial charge on any atom is -0.462 e. The fraction of sp³-hybridized carbons (Fsp3) is 0.450. The molecule has 9 heteroatoms. The monoisotopic (exact) mass is 418 g/mol. The average Bonchev–Trinajstić information content (AvgIpc) is 3.34. The number of nitrogens with one attached hydrogen (secondary N) is 1. The molecule has 1 saturated heterocycles. The number of thiophene rings is 1. The van der Waals surface area contributed by atoms with Gasteiger partial charge in [-0.05, 0) is 50.9 Å². The molecule has 0 saturated carbocycles. The fourth-order valence-corrected chi connectivity index (χ4v) is 4.87. The number of rotatable bonds is 7. The van der Waals surface area contributed by atoms with Gasteiger partial charge >= 0.3 is 5.97 Å². The van der Waals surface area contributed by atoms with E-state index in [9.17, 15) is 14.4 Å². The molecule has 3 N–H and O–H groups in total. The summed E-state index contributed by atoms with van der Waals surface area (Å²) in [7, 11) is 2.00. The summed E-state index contributed by atoms with van der Waals surface area (Å²) in [4.78, 5) is 39.2. The van der Waals surface area contributed by atoms with Crippen LogP contribution in [0.15, 0.2) is 18.3 Å². The Morgan fingerprint density at radius 3 is 2.76 bits per heavy atom. The minimum absolute atomic E-state index is 0.177. The van der Waals surface area contributed by atoms with Crippen molar-refractivity contribution in [3.8, 4) is 0 Å². The van der Waals surface area contributed by atoms with Crippen molar-refractivity contribution in [1.82, 2.24) is 9.47 Å². The molecule has 2 aromatic heterocycles. The lowest BCUT2D eigenvalue weighted by atomic mass is 10.1. The largest absolute Gasteiger partial charge is 0.462 e. The number of likely N-dealkylation sites (tertiary alicyclic amines) is 1. The Hall–Kier alpha value is -2.65. The van der Waals surface area contributed by atoms with E-state index < -0.39 is 11.9 Å². The van der Waals surface area contributed by atoms with Crippen LogP contribution in [0.4, 0.5) is 5.00 Å². The smallest absolute Gasteiger partial charge is 0.341 e. The highest BCUT2D eigenvalue weighted by molar-refractivity contribution is 7.18. The molecule has 0 unspecified atom stereocenters. The number of hydrogen-bond acceptors (Lipinski definition) is 6. The zero-order chi connectivity index (χ0) is 21.1. The van der Waals surface area contributed by atoms with Crippen LogP contribution in [0, 0.1) is 6.92 Å². The third-order valence-electron chi connectivity index (χ3n) is 5.14. The van der Waals surface area contributed by atoms with Gasteiger partial charge < -0.3 is 20.4 Å². The van der Waals surface area contributed by atoms with Crippen molar-refractivity contribution in [3.63, 3.8) is 0 Å². The lowest BCUT2D eigenvalue weighted by molar-refractivity contribution is -0.117. The number of nitrogens with zero attached hydrogens (tertiary/aromatic N) is 2. The van der Waals surface area contributed by atoms with Crippen LogP contribution in [-0.4, -0.2) is 46.9 Å². The van der Waals surface area contributed by atoms with Gasteiger partial charge in [0.15, 0.2) is 0 Å². The molecule has 2 amide bonds. The molecule has 0 radical (unpaired) electrons. The van der Waals surface area contributed by atoms with Crippen LogP contribution in [0.5, 0.6) is 0 Å². The molecule has 0 aromatic carbocycles. The standard InChI is InChI=1S/C20H26N4O4S/c1-4-28-20(27)16-12(2)17(18(21)26)29-19(16)22-15(25)11-24-10-6-8-14(24)13-7-5-9-23(13)3/h5,7,9,14H,4,6,8,10-11H2,1-3H3,(H2,21,26)(H,22,25)/t14-/m1/s1. The number of nitrogens with two attached hydrogens (primary N) is 1. The van der Waals surface area contributed by atoms with Crippen LogP contribution in [0.2, 0.25) is 0 Å². The molecule has 2 aromatic rings. The van der Waals surface area contributed by atoms with Gasteiger partial charge in [-0.25, -0.2) is 4.79 Å². The number of carbonyl (C=O) groups is 3. The van der Waals surface area contributed by atoms with Gasteiger partial charge in [0.25, 0.3) is 5.91 Å². The second-order valence-corrected chi connectivity index (χ2v) is 8.09. The predicted octanol–water partition coefficient (Wildman–Crippen LogP) is 2.45. The van der Waals surface area contributed by atoms with E-state index in [1.807, 2.05) is 19.3 Å². The van der Waals surface area contributed by atoms with Crippen LogP contribution in [-0.2, 0) is 16.6 Å². The highest BCUT2D eigenvalue weighted by atomic mass is 32.1. The molecule has 1 atom stereocenters. The summed E-state index contributed by atoms with van der Waals surface area (Å²) in [5.74, 6) is -1.46. The van der Waals surface area contributed by atoms with E-state index in [1.165, 1.54) is 5.69 Å². The number of aryl methyl sites for hydroxylation is 1. The number of esters is 1. The van der Waals surface area contributed by atoms with E-state index in [4.69, 9.17) is 10.5 Å². The summed E-state index contributed by atoms with van der Waals surface area (Å²) in [6, 6.07) is 4.25. The molecule has 156 valence electrons. The van der Waals surface area contributed by atoms with Gasteiger partial charge in [-0.15, -0.1) is 11.3 Å². The second-order valence-electron chi connectivity index (χ2n) is 7.07. The Labute approximate surface area is 173 Å². The average molecular weight is 419 g/mol. The number of amides is 2. The van der Waals surface area contributed by atoms with E-state index in [0.29, 0.717) is 10.6 Å². The van der Waals surface area contributed by atoms with Crippen LogP contribution in [0.25, 0.3) is 0 Å². The topological polar surface area (TPSA) is 107 Å². The van der Waals surface area contributed by atoms with Gasteiger partial charge in [-0.2, -0.15) is 0 Å². The lowest BCUT2D eigenvalue weighted by Crippen LogP contribution is -2.33. The van der Waals surface area contributed by atoms with Crippen molar-refractivity contribution in [1.29, 1.82) is 0 Å².